The predicted molar refractivity (Wildman–Crippen MR) is 92.2 cm³/mol. The van der Waals surface area contributed by atoms with Crippen LogP contribution in [0.4, 0.5) is 0 Å². The van der Waals surface area contributed by atoms with Crippen LogP contribution in [0, 0.1) is 46.8 Å². The zero-order valence-corrected chi connectivity index (χ0v) is 14.6. The molecule has 0 aromatic carbocycles. The normalized spacial score (nSPS) is 41.3. The second-order valence-corrected chi connectivity index (χ2v) is 8.59. The fraction of sp³-hybridized carbons (Fsp3) is 0.952. The van der Waals surface area contributed by atoms with E-state index in [4.69, 9.17) is 0 Å². The molecule has 3 aliphatic rings. The van der Waals surface area contributed by atoms with Crippen LogP contribution in [0.5, 0.6) is 0 Å². The summed E-state index contributed by atoms with van der Waals surface area (Å²) in [4.78, 5) is 0. The summed E-state index contributed by atoms with van der Waals surface area (Å²) in [5, 5.41) is 9.22. The molecule has 22 heavy (non-hydrogen) atoms. The van der Waals surface area contributed by atoms with Gasteiger partial charge in [0.15, 0.2) is 0 Å². The molecule has 3 saturated carbocycles. The van der Waals surface area contributed by atoms with E-state index in [1.807, 2.05) is 0 Å². The molecule has 1 heteroatoms. The van der Waals surface area contributed by atoms with E-state index in [2.05, 4.69) is 13.0 Å². The number of rotatable bonds is 5. The SMILES string of the molecule is CCCCCC[C@H]1CCC2C(CCC3C[C@@H](C#N)CCC32)C1. The molecular formula is C21H35N. The van der Waals surface area contributed by atoms with Crippen molar-refractivity contribution in [2.45, 2.75) is 90.4 Å². The molecule has 6 atom stereocenters. The van der Waals surface area contributed by atoms with Crippen molar-refractivity contribution in [3.63, 3.8) is 0 Å². The monoisotopic (exact) mass is 301 g/mol. The predicted octanol–water partition coefficient (Wildman–Crippen LogP) is 6.34. The molecule has 0 aliphatic heterocycles. The summed E-state index contributed by atoms with van der Waals surface area (Å²) >= 11 is 0. The van der Waals surface area contributed by atoms with Crippen molar-refractivity contribution in [1.82, 2.24) is 0 Å². The maximum absolute atomic E-state index is 9.22. The Morgan fingerprint density at radius 2 is 1.55 bits per heavy atom. The molecule has 0 radical (unpaired) electrons. The fourth-order valence-corrected chi connectivity index (χ4v) is 6.13. The highest BCUT2D eigenvalue weighted by molar-refractivity contribution is 4.98. The molecular weight excluding hydrogens is 266 g/mol. The summed E-state index contributed by atoms with van der Waals surface area (Å²) in [6.45, 7) is 2.31. The molecule has 0 heterocycles. The molecule has 1 nitrogen and oxygen atoms in total. The Labute approximate surface area is 137 Å². The van der Waals surface area contributed by atoms with Crippen LogP contribution in [0.2, 0.25) is 0 Å². The lowest BCUT2D eigenvalue weighted by atomic mass is 9.55. The Hall–Kier alpha value is -0.510. The van der Waals surface area contributed by atoms with Gasteiger partial charge < -0.3 is 0 Å². The highest BCUT2D eigenvalue weighted by Gasteiger charge is 2.44. The third-order valence-electron chi connectivity index (χ3n) is 7.30. The van der Waals surface area contributed by atoms with Crippen LogP contribution in [0.25, 0.3) is 0 Å². The van der Waals surface area contributed by atoms with Gasteiger partial charge >= 0.3 is 0 Å². The third kappa shape index (κ3) is 3.69. The Morgan fingerprint density at radius 3 is 2.27 bits per heavy atom. The van der Waals surface area contributed by atoms with Gasteiger partial charge in [0.1, 0.15) is 0 Å². The number of nitrogens with zero attached hydrogens (tertiary/aromatic N) is 1. The highest BCUT2D eigenvalue weighted by atomic mass is 14.5. The number of nitriles is 1. The van der Waals surface area contributed by atoms with Crippen molar-refractivity contribution in [2.75, 3.05) is 0 Å². The van der Waals surface area contributed by atoms with Gasteiger partial charge in [-0.25, -0.2) is 0 Å². The van der Waals surface area contributed by atoms with E-state index in [-0.39, 0.29) is 0 Å². The Morgan fingerprint density at radius 1 is 0.818 bits per heavy atom. The zero-order chi connectivity index (χ0) is 15.4. The summed E-state index contributed by atoms with van der Waals surface area (Å²) in [7, 11) is 0. The Kier molecular flexibility index (Phi) is 5.83. The Balaban J connectivity index is 1.48. The molecule has 4 unspecified atom stereocenters. The molecule has 0 amide bonds. The van der Waals surface area contributed by atoms with E-state index < -0.39 is 0 Å². The van der Waals surface area contributed by atoms with Crippen LogP contribution in [0.15, 0.2) is 0 Å². The molecule has 3 fully saturated rings. The van der Waals surface area contributed by atoms with E-state index in [1.165, 1.54) is 77.0 Å². The molecule has 0 N–H and O–H groups in total. The van der Waals surface area contributed by atoms with Gasteiger partial charge in [0.25, 0.3) is 0 Å². The smallest absolute Gasteiger partial charge is 0.0655 e. The molecule has 0 saturated heterocycles. The van der Waals surface area contributed by atoms with Crippen molar-refractivity contribution in [3.8, 4) is 6.07 Å². The number of hydrogen-bond donors (Lipinski definition) is 0. The average molecular weight is 302 g/mol. The molecule has 3 aliphatic carbocycles. The minimum absolute atomic E-state index is 0.382. The van der Waals surface area contributed by atoms with Crippen molar-refractivity contribution < 1.29 is 0 Å². The van der Waals surface area contributed by atoms with Crippen molar-refractivity contribution in [3.05, 3.63) is 0 Å². The molecule has 0 aromatic heterocycles. The summed E-state index contributed by atoms with van der Waals surface area (Å²) in [6.07, 6.45) is 18.5. The summed E-state index contributed by atoms with van der Waals surface area (Å²) in [6, 6.07) is 2.55. The van der Waals surface area contributed by atoms with Gasteiger partial charge in [-0.2, -0.15) is 5.26 Å². The largest absolute Gasteiger partial charge is 0.198 e. The van der Waals surface area contributed by atoms with Crippen LogP contribution in [-0.2, 0) is 0 Å². The average Bonchev–Trinajstić information content (AvgIpc) is 2.57. The first-order valence-electron chi connectivity index (χ1n) is 10.2. The maximum Gasteiger partial charge on any atom is 0.0655 e. The maximum atomic E-state index is 9.22. The number of fused-ring (bicyclic) bond motifs is 3. The standard InChI is InChI=1S/C21H35N/c1-2-3-4-5-6-16-7-11-20-18(13-16)9-10-19-14-17(15-22)8-12-21(19)20/h16-21H,2-14H2,1H3/t16-,17-,18?,19?,20?,21?/m0/s1. The topological polar surface area (TPSA) is 23.8 Å². The van der Waals surface area contributed by atoms with Gasteiger partial charge in [0.2, 0.25) is 0 Å². The number of unbranched alkanes of at least 4 members (excludes halogenated alkanes) is 3. The van der Waals surface area contributed by atoms with Gasteiger partial charge in [-0.1, -0.05) is 45.4 Å². The first-order chi connectivity index (χ1) is 10.8. The van der Waals surface area contributed by atoms with Crippen LogP contribution in [-0.4, -0.2) is 0 Å². The lowest BCUT2D eigenvalue weighted by Crippen LogP contribution is -2.41. The van der Waals surface area contributed by atoms with Crippen LogP contribution in [0.1, 0.15) is 90.4 Å². The van der Waals surface area contributed by atoms with Gasteiger partial charge in [0, 0.05) is 5.92 Å². The number of hydrogen-bond acceptors (Lipinski definition) is 1. The first kappa shape index (κ1) is 16.4. The van der Waals surface area contributed by atoms with E-state index in [9.17, 15) is 5.26 Å². The molecule has 124 valence electrons. The summed E-state index contributed by atoms with van der Waals surface area (Å²) in [5.41, 5.74) is 0. The van der Waals surface area contributed by atoms with Crippen molar-refractivity contribution in [2.24, 2.45) is 35.5 Å². The van der Waals surface area contributed by atoms with Crippen LogP contribution < -0.4 is 0 Å². The van der Waals surface area contributed by atoms with Crippen molar-refractivity contribution in [1.29, 1.82) is 5.26 Å². The second-order valence-electron chi connectivity index (χ2n) is 8.59. The molecule has 3 rings (SSSR count). The van der Waals surface area contributed by atoms with Crippen LogP contribution in [0.3, 0.4) is 0 Å². The van der Waals surface area contributed by atoms with Gasteiger partial charge in [-0.05, 0) is 74.5 Å². The van der Waals surface area contributed by atoms with Crippen molar-refractivity contribution >= 4 is 0 Å². The van der Waals surface area contributed by atoms with Gasteiger partial charge in [-0.3, -0.25) is 0 Å². The van der Waals surface area contributed by atoms with E-state index in [0.29, 0.717) is 5.92 Å². The first-order valence-corrected chi connectivity index (χ1v) is 10.2. The zero-order valence-electron chi connectivity index (χ0n) is 14.6. The van der Waals surface area contributed by atoms with E-state index >= 15 is 0 Å². The minimum Gasteiger partial charge on any atom is -0.198 e. The minimum atomic E-state index is 0.382. The third-order valence-corrected chi connectivity index (χ3v) is 7.30. The highest BCUT2D eigenvalue weighted by Crippen LogP contribution is 2.53. The Bertz CT molecular complexity index is 382. The van der Waals surface area contributed by atoms with E-state index in [0.717, 1.165) is 29.6 Å². The molecule has 0 bridgehead atoms. The quantitative estimate of drug-likeness (QED) is 0.543. The lowest BCUT2D eigenvalue weighted by Gasteiger charge is -2.50. The fourth-order valence-electron chi connectivity index (χ4n) is 6.13. The summed E-state index contributed by atoms with van der Waals surface area (Å²) < 4.78 is 0. The second kappa shape index (κ2) is 7.85. The molecule has 0 aromatic rings. The van der Waals surface area contributed by atoms with Gasteiger partial charge in [-0.15, -0.1) is 0 Å². The molecule has 0 spiro atoms. The van der Waals surface area contributed by atoms with Crippen LogP contribution >= 0.6 is 0 Å². The summed E-state index contributed by atoms with van der Waals surface area (Å²) in [5.74, 6) is 5.40. The van der Waals surface area contributed by atoms with Gasteiger partial charge in [0.05, 0.1) is 6.07 Å². The van der Waals surface area contributed by atoms with E-state index in [1.54, 1.807) is 6.42 Å². The lowest BCUT2D eigenvalue weighted by molar-refractivity contribution is 0.00278.